The van der Waals surface area contributed by atoms with Crippen molar-refractivity contribution in [1.82, 2.24) is 0 Å². The first kappa shape index (κ1) is 25.0. The minimum Gasteiger partial charge on any atom is -0.466 e. The number of ether oxygens (including phenoxy) is 2. The zero-order chi connectivity index (χ0) is 26.5. The standard InChI is InChI=1S/C28H23FN4O4/c1-36-27(34)24-23(17-10-4-3-5-11-17)18(16-30)26(31)33(25(24)28(35)37-2)22-15-9-8-14-21(22)32-20-13-7-6-12-19(20)29/h3-15,23,32H,31H2,1-2H3. The Kier molecular flexibility index (Phi) is 7.21. The second kappa shape index (κ2) is 10.7. The van der Waals surface area contributed by atoms with Gasteiger partial charge in [0.05, 0.1) is 54.4 Å². The fraction of sp³-hybridized carbons (Fsp3) is 0.107. The number of allylic oxidation sites excluding steroid dienone is 1. The Balaban J connectivity index is 2.02. The Morgan fingerprint density at radius 2 is 1.51 bits per heavy atom. The third-order valence-corrected chi connectivity index (χ3v) is 5.90. The molecule has 3 aromatic rings. The second-order valence-electron chi connectivity index (χ2n) is 7.96. The van der Waals surface area contributed by atoms with Crippen molar-refractivity contribution in [2.45, 2.75) is 5.92 Å². The SMILES string of the molecule is COC(=O)C1=C(C(=O)OC)N(c2ccccc2Nc2ccccc2F)C(N)=C(C#N)C1c1ccccc1. The van der Waals surface area contributed by atoms with Crippen LogP contribution in [0, 0.1) is 17.1 Å². The van der Waals surface area contributed by atoms with Gasteiger partial charge in [0.15, 0.2) is 0 Å². The van der Waals surface area contributed by atoms with Crippen molar-refractivity contribution in [1.29, 1.82) is 5.26 Å². The molecule has 8 nitrogen and oxygen atoms in total. The van der Waals surface area contributed by atoms with E-state index >= 15 is 0 Å². The molecule has 0 spiro atoms. The fourth-order valence-electron chi connectivity index (χ4n) is 4.25. The number of benzene rings is 3. The molecule has 1 aliphatic heterocycles. The molecule has 1 heterocycles. The highest BCUT2D eigenvalue weighted by Gasteiger charge is 2.43. The van der Waals surface area contributed by atoms with E-state index in [9.17, 15) is 19.2 Å². The van der Waals surface area contributed by atoms with Gasteiger partial charge >= 0.3 is 11.9 Å². The number of hydrogen-bond donors (Lipinski definition) is 2. The first-order valence-corrected chi connectivity index (χ1v) is 11.2. The van der Waals surface area contributed by atoms with Crippen LogP contribution in [0.1, 0.15) is 11.5 Å². The number of hydrogen-bond acceptors (Lipinski definition) is 8. The molecule has 1 aliphatic rings. The molecule has 0 fully saturated rings. The summed E-state index contributed by atoms with van der Waals surface area (Å²) in [5.74, 6) is -3.29. The largest absolute Gasteiger partial charge is 0.466 e. The molecule has 1 atom stereocenters. The molecule has 4 rings (SSSR count). The van der Waals surface area contributed by atoms with Gasteiger partial charge in [0.1, 0.15) is 17.3 Å². The Morgan fingerprint density at radius 3 is 2.14 bits per heavy atom. The number of nitrogens with zero attached hydrogens (tertiary/aromatic N) is 2. The number of halogens is 1. The topological polar surface area (TPSA) is 118 Å². The van der Waals surface area contributed by atoms with Gasteiger partial charge in [0, 0.05) is 0 Å². The van der Waals surface area contributed by atoms with E-state index in [1.54, 1.807) is 72.8 Å². The van der Waals surface area contributed by atoms with Gasteiger partial charge in [-0.3, -0.25) is 4.90 Å². The number of carbonyl (C=O) groups excluding carboxylic acids is 2. The lowest BCUT2D eigenvalue weighted by Gasteiger charge is -2.36. The van der Waals surface area contributed by atoms with Crippen LogP contribution in [0.25, 0.3) is 0 Å². The smallest absolute Gasteiger partial charge is 0.355 e. The summed E-state index contributed by atoms with van der Waals surface area (Å²) in [6.45, 7) is 0. The number of anilines is 3. The Bertz CT molecular complexity index is 1460. The number of carbonyl (C=O) groups is 2. The number of methoxy groups -OCH3 is 2. The van der Waals surface area contributed by atoms with Crippen LogP contribution in [0.15, 0.2) is 102 Å². The Labute approximate surface area is 213 Å². The normalized spacial score (nSPS) is 15.2. The van der Waals surface area contributed by atoms with E-state index in [4.69, 9.17) is 15.2 Å². The van der Waals surface area contributed by atoms with Crippen LogP contribution in [0.3, 0.4) is 0 Å². The lowest BCUT2D eigenvalue weighted by Crippen LogP contribution is -2.41. The molecular formula is C28H23FN4O4. The quantitative estimate of drug-likeness (QED) is 0.478. The molecule has 186 valence electrons. The van der Waals surface area contributed by atoms with E-state index in [0.717, 1.165) is 0 Å². The molecule has 0 radical (unpaired) electrons. The predicted molar refractivity (Wildman–Crippen MR) is 136 cm³/mol. The van der Waals surface area contributed by atoms with E-state index in [1.165, 1.54) is 25.2 Å². The summed E-state index contributed by atoms with van der Waals surface area (Å²) in [4.78, 5) is 27.7. The molecule has 0 amide bonds. The number of rotatable bonds is 6. The van der Waals surface area contributed by atoms with Crippen LogP contribution < -0.4 is 16.0 Å². The Morgan fingerprint density at radius 1 is 0.919 bits per heavy atom. The van der Waals surface area contributed by atoms with Gasteiger partial charge in [-0.1, -0.05) is 54.6 Å². The molecule has 0 saturated carbocycles. The average molecular weight is 499 g/mol. The number of esters is 2. The zero-order valence-corrected chi connectivity index (χ0v) is 20.1. The fourth-order valence-corrected chi connectivity index (χ4v) is 4.25. The molecule has 9 heteroatoms. The summed E-state index contributed by atoms with van der Waals surface area (Å²) in [6, 6.07) is 23.5. The molecule has 1 unspecified atom stereocenters. The summed E-state index contributed by atoms with van der Waals surface area (Å²) < 4.78 is 24.6. The maximum Gasteiger partial charge on any atom is 0.355 e. The van der Waals surface area contributed by atoms with Crippen molar-refractivity contribution in [3.05, 3.63) is 113 Å². The number of nitrogens with one attached hydrogen (secondary N) is 1. The highest BCUT2D eigenvalue weighted by molar-refractivity contribution is 6.07. The molecule has 3 N–H and O–H groups in total. The van der Waals surface area contributed by atoms with E-state index in [0.29, 0.717) is 11.3 Å². The summed E-state index contributed by atoms with van der Waals surface area (Å²) in [6.07, 6.45) is 0. The molecule has 0 aromatic heterocycles. The van der Waals surface area contributed by atoms with E-state index in [1.807, 2.05) is 0 Å². The maximum absolute atomic E-state index is 14.5. The van der Waals surface area contributed by atoms with E-state index < -0.39 is 23.7 Å². The second-order valence-corrected chi connectivity index (χ2v) is 7.96. The van der Waals surface area contributed by atoms with Gasteiger partial charge in [-0.15, -0.1) is 0 Å². The maximum atomic E-state index is 14.5. The molecular weight excluding hydrogens is 475 g/mol. The van der Waals surface area contributed by atoms with Crippen LogP contribution in [0.2, 0.25) is 0 Å². The zero-order valence-electron chi connectivity index (χ0n) is 20.1. The summed E-state index contributed by atoms with van der Waals surface area (Å²) in [5.41, 5.74) is 7.62. The summed E-state index contributed by atoms with van der Waals surface area (Å²) in [7, 11) is 2.35. The van der Waals surface area contributed by atoms with E-state index in [-0.39, 0.29) is 34.0 Å². The minimum absolute atomic E-state index is 0.0277. The predicted octanol–water partition coefficient (Wildman–Crippen LogP) is 4.47. The van der Waals surface area contributed by atoms with Crippen LogP contribution in [-0.2, 0) is 19.1 Å². The van der Waals surface area contributed by atoms with Gasteiger partial charge in [0.25, 0.3) is 0 Å². The monoisotopic (exact) mass is 498 g/mol. The van der Waals surface area contributed by atoms with Gasteiger partial charge in [-0.25, -0.2) is 14.0 Å². The average Bonchev–Trinajstić information content (AvgIpc) is 2.93. The van der Waals surface area contributed by atoms with Crippen molar-refractivity contribution in [3.63, 3.8) is 0 Å². The first-order valence-electron chi connectivity index (χ1n) is 11.2. The molecule has 0 bridgehead atoms. The van der Waals surface area contributed by atoms with Crippen LogP contribution >= 0.6 is 0 Å². The number of nitriles is 1. The number of nitrogens with two attached hydrogens (primary N) is 1. The van der Waals surface area contributed by atoms with Gasteiger partial charge < -0.3 is 20.5 Å². The van der Waals surface area contributed by atoms with Crippen LogP contribution in [0.4, 0.5) is 21.5 Å². The summed E-state index contributed by atoms with van der Waals surface area (Å²) >= 11 is 0. The highest BCUT2D eigenvalue weighted by atomic mass is 19.1. The Hall–Kier alpha value is -5.10. The van der Waals surface area contributed by atoms with Crippen LogP contribution in [-0.4, -0.2) is 26.2 Å². The van der Waals surface area contributed by atoms with Crippen LogP contribution in [0.5, 0.6) is 0 Å². The van der Waals surface area contributed by atoms with Crippen molar-refractivity contribution >= 4 is 29.0 Å². The van der Waals surface area contributed by atoms with Crippen molar-refractivity contribution in [3.8, 4) is 6.07 Å². The van der Waals surface area contributed by atoms with Gasteiger partial charge in [-0.05, 0) is 29.8 Å². The van der Waals surface area contributed by atoms with Crippen molar-refractivity contribution < 1.29 is 23.5 Å². The van der Waals surface area contributed by atoms with E-state index in [2.05, 4.69) is 11.4 Å². The lowest BCUT2D eigenvalue weighted by molar-refractivity contribution is -0.139. The molecule has 37 heavy (non-hydrogen) atoms. The van der Waals surface area contributed by atoms with Gasteiger partial charge in [-0.2, -0.15) is 5.26 Å². The lowest BCUT2D eigenvalue weighted by atomic mass is 9.81. The molecule has 0 aliphatic carbocycles. The minimum atomic E-state index is -0.990. The molecule has 3 aromatic carbocycles. The molecule has 0 saturated heterocycles. The van der Waals surface area contributed by atoms with Gasteiger partial charge in [0.2, 0.25) is 0 Å². The third kappa shape index (κ3) is 4.60. The first-order chi connectivity index (χ1) is 17.9. The number of para-hydroxylation sites is 3. The van der Waals surface area contributed by atoms with Crippen molar-refractivity contribution in [2.75, 3.05) is 24.4 Å². The highest BCUT2D eigenvalue weighted by Crippen LogP contribution is 2.45. The third-order valence-electron chi connectivity index (χ3n) is 5.90. The van der Waals surface area contributed by atoms with Crippen molar-refractivity contribution in [2.24, 2.45) is 5.73 Å². The summed E-state index contributed by atoms with van der Waals surface area (Å²) in [5, 5.41) is 13.2.